The molecule has 0 fully saturated rings. The van der Waals surface area contributed by atoms with Crippen LogP contribution in [0.15, 0.2) is 0 Å². The summed E-state index contributed by atoms with van der Waals surface area (Å²) < 4.78 is 3.53. The van der Waals surface area contributed by atoms with Crippen molar-refractivity contribution in [2.75, 3.05) is 14.1 Å². The summed E-state index contributed by atoms with van der Waals surface area (Å²) in [7, 11) is 2.51. The molecule has 5 heteroatoms. The van der Waals surface area contributed by atoms with Crippen molar-refractivity contribution < 1.29 is 0 Å². The van der Waals surface area contributed by atoms with Gasteiger partial charge in [-0.2, -0.15) is 0 Å². The Morgan fingerprint density at radius 1 is 0.889 bits per heavy atom. The number of nitrogens with one attached hydrogen (secondary N) is 3. The number of hydrogen-bond acceptors (Lipinski definition) is 3. The zero-order chi connectivity index (χ0) is 7.28. The lowest BCUT2D eigenvalue weighted by Crippen LogP contribution is -2.54. The second-order valence-corrected chi connectivity index (χ2v) is 7.56. The van der Waals surface area contributed by atoms with Gasteiger partial charge in [-0.25, -0.2) is 0 Å². The quantitative estimate of drug-likeness (QED) is 0.452. The molecule has 2 atom stereocenters. The first-order valence-corrected chi connectivity index (χ1v) is 7.93. The van der Waals surface area contributed by atoms with Gasteiger partial charge >= 0.3 is 0 Å². The van der Waals surface area contributed by atoms with Crippen molar-refractivity contribution in [2.24, 2.45) is 0 Å². The van der Waals surface area contributed by atoms with Gasteiger partial charge in [0.25, 0.3) is 0 Å². The van der Waals surface area contributed by atoms with Crippen molar-refractivity contribution >= 4 is 18.2 Å². The Bertz CT molecular complexity index is 62.8. The van der Waals surface area contributed by atoms with Crippen LogP contribution in [0, 0.1) is 0 Å². The highest BCUT2D eigenvalue weighted by molar-refractivity contribution is 6.69. The Morgan fingerprint density at radius 3 is 1.44 bits per heavy atom. The van der Waals surface area contributed by atoms with Crippen LogP contribution in [0.1, 0.15) is 0 Å². The lowest BCUT2D eigenvalue weighted by molar-refractivity contribution is 1.10. The third-order valence-electron chi connectivity index (χ3n) is 1.37. The minimum Gasteiger partial charge on any atom is -0.340 e. The zero-order valence-corrected chi connectivity index (χ0v) is 8.96. The Hall–Kier alpha value is 0.314. The molecule has 3 nitrogen and oxygen atoms in total. The molecule has 0 aliphatic carbocycles. The van der Waals surface area contributed by atoms with Gasteiger partial charge in [-0.3, -0.25) is 0 Å². The third-order valence-corrected chi connectivity index (χ3v) is 7.10. The van der Waals surface area contributed by atoms with E-state index in [2.05, 4.69) is 27.7 Å². The Kier molecular flexibility index (Phi) is 5.31. The highest BCUT2D eigenvalue weighted by Crippen LogP contribution is 1.68. The summed E-state index contributed by atoms with van der Waals surface area (Å²) in [5.74, 6) is 0. The van der Waals surface area contributed by atoms with Crippen LogP contribution in [0.2, 0.25) is 13.1 Å². The largest absolute Gasteiger partial charge is 0.340 e. The molecule has 0 bridgehead atoms. The molecular weight excluding hydrogens is 146 g/mol. The summed E-state index contributed by atoms with van der Waals surface area (Å²) in [6.07, 6.45) is 0. The molecular formula is C4H17N3Si2. The fourth-order valence-corrected chi connectivity index (χ4v) is 4.88. The van der Waals surface area contributed by atoms with E-state index in [-0.39, 0.29) is 0 Å². The van der Waals surface area contributed by atoms with Crippen LogP contribution >= 0.6 is 0 Å². The second kappa shape index (κ2) is 5.13. The smallest absolute Gasteiger partial charge is 0.175 e. The predicted octanol–water partition coefficient (Wildman–Crippen LogP) is -1.28. The van der Waals surface area contributed by atoms with Gasteiger partial charge in [-0.15, -0.1) is 0 Å². The summed E-state index contributed by atoms with van der Waals surface area (Å²) in [5.41, 5.74) is 0. The molecule has 0 saturated heterocycles. The summed E-state index contributed by atoms with van der Waals surface area (Å²) >= 11 is 0. The first kappa shape index (κ1) is 9.31. The first-order chi connectivity index (χ1) is 4.20. The first-order valence-electron chi connectivity index (χ1n) is 3.31. The van der Waals surface area contributed by atoms with Gasteiger partial charge in [0.2, 0.25) is 0 Å². The second-order valence-electron chi connectivity index (χ2n) is 2.19. The molecule has 0 heterocycles. The standard InChI is InChI=1S/C4H17N3Si2/c1-5-8(3)7-9(4)6-2/h5-9H,1-4H3. The van der Waals surface area contributed by atoms with E-state index in [1.165, 1.54) is 0 Å². The van der Waals surface area contributed by atoms with E-state index in [4.69, 9.17) is 0 Å². The van der Waals surface area contributed by atoms with Crippen molar-refractivity contribution in [2.45, 2.75) is 13.1 Å². The summed E-state index contributed by atoms with van der Waals surface area (Å²) in [6, 6.07) is 0. The average Bonchev–Trinajstić information content (AvgIpc) is 1.87. The van der Waals surface area contributed by atoms with E-state index < -0.39 is 18.2 Å². The topological polar surface area (TPSA) is 36.1 Å². The van der Waals surface area contributed by atoms with Crippen LogP contribution in [0.4, 0.5) is 0 Å². The zero-order valence-electron chi connectivity index (χ0n) is 6.65. The minimum absolute atomic E-state index is 0.758. The van der Waals surface area contributed by atoms with Crippen LogP contribution in [-0.2, 0) is 0 Å². The molecule has 0 rings (SSSR count). The van der Waals surface area contributed by atoms with E-state index >= 15 is 0 Å². The van der Waals surface area contributed by atoms with Crippen LogP contribution in [-0.4, -0.2) is 32.3 Å². The molecule has 0 aromatic rings. The van der Waals surface area contributed by atoms with E-state index in [0.717, 1.165) is 0 Å². The Balaban J connectivity index is 3.22. The normalized spacial score (nSPS) is 17.3. The van der Waals surface area contributed by atoms with Crippen LogP contribution in [0.5, 0.6) is 0 Å². The van der Waals surface area contributed by atoms with E-state index in [9.17, 15) is 0 Å². The highest BCUT2D eigenvalue weighted by Gasteiger charge is 2.04. The van der Waals surface area contributed by atoms with Crippen molar-refractivity contribution in [3.05, 3.63) is 0 Å². The fourth-order valence-electron chi connectivity index (χ4n) is 0.542. The van der Waals surface area contributed by atoms with E-state index in [1.54, 1.807) is 0 Å². The molecule has 0 spiro atoms. The van der Waals surface area contributed by atoms with Gasteiger partial charge in [0.05, 0.1) is 0 Å². The molecule has 9 heavy (non-hydrogen) atoms. The maximum Gasteiger partial charge on any atom is 0.175 e. The highest BCUT2D eigenvalue weighted by atomic mass is 28.4. The average molecular weight is 163 g/mol. The maximum absolute atomic E-state index is 3.53. The number of rotatable bonds is 4. The monoisotopic (exact) mass is 163 g/mol. The van der Waals surface area contributed by atoms with E-state index in [1.807, 2.05) is 14.1 Å². The van der Waals surface area contributed by atoms with Crippen LogP contribution in [0.3, 0.4) is 0 Å². The third kappa shape index (κ3) is 4.79. The van der Waals surface area contributed by atoms with Gasteiger partial charge in [0.1, 0.15) is 0 Å². The SMILES string of the molecule is CN[SiH](C)N[SiH](C)NC. The lowest BCUT2D eigenvalue weighted by Gasteiger charge is -2.15. The summed E-state index contributed by atoms with van der Waals surface area (Å²) in [5, 5.41) is 0. The van der Waals surface area contributed by atoms with Gasteiger partial charge in [0.15, 0.2) is 18.2 Å². The van der Waals surface area contributed by atoms with Crippen molar-refractivity contribution in [1.29, 1.82) is 0 Å². The van der Waals surface area contributed by atoms with Crippen LogP contribution < -0.4 is 14.6 Å². The molecule has 0 aromatic heterocycles. The van der Waals surface area contributed by atoms with Gasteiger partial charge in [0, 0.05) is 0 Å². The molecule has 0 radical (unpaired) electrons. The molecule has 0 amide bonds. The molecule has 0 aliphatic rings. The molecule has 2 unspecified atom stereocenters. The summed E-state index contributed by atoms with van der Waals surface area (Å²) in [4.78, 5) is 6.51. The van der Waals surface area contributed by atoms with Gasteiger partial charge in [-0.1, -0.05) is 0 Å². The van der Waals surface area contributed by atoms with Crippen LogP contribution in [0.25, 0.3) is 0 Å². The summed E-state index contributed by atoms with van der Waals surface area (Å²) in [6.45, 7) is 4.50. The Morgan fingerprint density at radius 2 is 1.22 bits per heavy atom. The van der Waals surface area contributed by atoms with Crippen molar-refractivity contribution in [3.63, 3.8) is 0 Å². The number of hydrogen-bond donors (Lipinski definition) is 3. The fraction of sp³-hybridized carbons (Fsp3) is 1.00. The van der Waals surface area contributed by atoms with Gasteiger partial charge in [-0.05, 0) is 27.2 Å². The maximum atomic E-state index is 3.53. The van der Waals surface area contributed by atoms with Crippen molar-refractivity contribution in [3.8, 4) is 0 Å². The minimum atomic E-state index is -0.758. The predicted molar refractivity (Wildman–Crippen MR) is 47.3 cm³/mol. The lowest BCUT2D eigenvalue weighted by atomic mass is 11.6. The molecule has 0 aliphatic heterocycles. The van der Waals surface area contributed by atoms with E-state index in [0.29, 0.717) is 0 Å². The molecule has 3 N–H and O–H groups in total. The van der Waals surface area contributed by atoms with Gasteiger partial charge < -0.3 is 14.6 Å². The Labute approximate surface area is 60.8 Å². The molecule has 0 saturated carbocycles. The van der Waals surface area contributed by atoms with Crippen molar-refractivity contribution in [1.82, 2.24) is 14.6 Å². The molecule has 56 valence electrons. The molecule has 0 aromatic carbocycles.